The van der Waals surface area contributed by atoms with Crippen LogP contribution in [-0.4, -0.2) is 54.7 Å². The molecule has 4 atom stereocenters. The number of anilines is 1. The van der Waals surface area contributed by atoms with Crippen molar-refractivity contribution in [3.63, 3.8) is 0 Å². The number of ether oxygens (including phenoxy) is 1. The van der Waals surface area contributed by atoms with Gasteiger partial charge < -0.3 is 20.7 Å². The summed E-state index contributed by atoms with van der Waals surface area (Å²) in [6, 6.07) is 0. The summed E-state index contributed by atoms with van der Waals surface area (Å²) in [7, 11) is 0. The Kier molecular flexibility index (Phi) is 3.21. The Labute approximate surface area is 117 Å². The van der Waals surface area contributed by atoms with E-state index >= 15 is 0 Å². The predicted molar refractivity (Wildman–Crippen MR) is 66.6 cm³/mol. The van der Waals surface area contributed by atoms with E-state index in [9.17, 15) is 14.6 Å². The topological polar surface area (TPSA) is 119 Å². The van der Waals surface area contributed by atoms with Crippen LogP contribution in [0.5, 0.6) is 0 Å². The summed E-state index contributed by atoms with van der Waals surface area (Å²) in [4.78, 5) is 11.6. The Balaban J connectivity index is 2.06. The molecule has 0 aromatic carbocycles. The Morgan fingerprint density at radius 2 is 2.20 bits per heavy atom. The summed E-state index contributed by atoms with van der Waals surface area (Å²) in [6.45, 7) is -0.208. The van der Waals surface area contributed by atoms with Gasteiger partial charge in [0.1, 0.15) is 17.7 Å². The van der Waals surface area contributed by atoms with Crippen LogP contribution < -0.4 is 5.73 Å². The van der Waals surface area contributed by atoms with Crippen LogP contribution in [0.15, 0.2) is 6.33 Å². The van der Waals surface area contributed by atoms with E-state index in [0.29, 0.717) is 0 Å². The van der Waals surface area contributed by atoms with Crippen molar-refractivity contribution >= 4 is 28.6 Å². The molecule has 1 aliphatic heterocycles. The van der Waals surface area contributed by atoms with Gasteiger partial charge in [-0.1, -0.05) is 0 Å². The molecular weight excluding hydrogens is 293 g/mol. The van der Waals surface area contributed by atoms with Gasteiger partial charge in [-0.25, -0.2) is 9.37 Å². The molecule has 1 aliphatic rings. The molecule has 1 saturated heterocycles. The first-order valence-electron chi connectivity index (χ1n) is 5.76. The number of imidazole rings is 1. The second kappa shape index (κ2) is 4.77. The summed E-state index contributed by atoms with van der Waals surface area (Å²) in [6.07, 6.45) is -4.58. The second-order valence-electron chi connectivity index (χ2n) is 4.43. The number of nitrogens with zero attached hydrogens (tertiary/aromatic N) is 4. The number of alkyl halides is 1. The Morgan fingerprint density at radius 1 is 1.45 bits per heavy atom. The number of halogens is 2. The highest BCUT2D eigenvalue weighted by Gasteiger charge is 2.40. The van der Waals surface area contributed by atoms with Crippen molar-refractivity contribution < 1.29 is 19.3 Å². The van der Waals surface area contributed by atoms with Crippen molar-refractivity contribution in [2.45, 2.75) is 24.6 Å². The van der Waals surface area contributed by atoms with E-state index in [1.807, 2.05) is 0 Å². The average molecular weight is 304 g/mol. The number of hydrogen-bond acceptors (Lipinski definition) is 7. The van der Waals surface area contributed by atoms with Gasteiger partial charge in [-0.05, 0) is 11.6 Å². The predicted octanol–water partition coefficient (Wildman–Crippen LogP) is -0.349. The molecule has 0 amide bonds. The number of aliphatic hydroxyl groups excluding tert-OH is 2. The van der Waals surface area contributed by atoms with E-state index in [0.717, 1.165) is 0 Å². The SMILES string of the molecule is Nc1nc(Cl)nc2c1ncn2[C@@H]1OC[C@@H](O)[C@@H](O)[C@@H]1F. The molecule has 2 aromatic heterocycles. The lowest BCUT2D eigenvalue weighted by atomic mass is 10.1. The third-order valence-corrected chi connectivity index (χ3v) is 3.29. The molecule has 0 spiro atoms. The zero-order chi connectivity index (χ0) is 14.4. The van der Waals surface area contributed by atoms with Crippen molar-refractivity contribution in [3.05, 3.63) is 11.6 Å². The number of aliphatic hydroxyl groups is 2. The smallest absolute Gasteiger partial charge is 0.226 e. The fourth-order valence-electron chi connectivity index (χ4n) is 2.10. The maximum atomic E-state index is 14.1. The van der Waals surface area contributed by atoms with E-state index in [-0.39, 0.29) is 28.9 Å². The largest absolute Gasteiger partial charge is 0.388 e. The van der Waals surface area contributed by atoms with Crippen molar-refractivity contribution in [3.8, 4) is 0 Å². The van der Waals surface area contributed by atoms with E-state index in [4.69, 9.17) is 22.1 Å². The molecular formula is C10H11ClFN5O3. The first-order chi connectivity index (χ1) is 9.49. The summed E-state index contributed by atoms with van der Waals surface area (Å²) < 4.78 is 20.6. The average Bonchev–Trinajstić information content (AvgIpc) is 2.80. The summed E-state index contributed by atoms with van der Waals surface area (Å²) >= 11 is 5.71. The molecule has 0 unspecified atom stereocenters. The van der Waals surface area contributed by atoms with Crippen molar-refractivity contribution in [2.24, 2.45) is 0 Å². The summed E-state index contributed by atoms with van der Waals surface area (Å²) in [5.41, 5.74) is 6.10. The number of fused-ring (bicyclic) bond motifs is 1. The van der Waals surface area contributed by atoms with Crippen molar-refractivity contribution in [1.29, 1.82) is 0 Å². The maximum absolute atomic E-state index is 14.1. The van der Waals surface area contributed by atoms with E-state index < -0.39 is 24.6 Å². The van der Waals surface area contributed by atoms with Crippen LogP contribution in [0.2, 0.25) is 5.28 Å². The zero-order valence-electron chi connectivity index (χ0n) is 10.0. The minimum Gasteiger partial charge on any atom is -0.388 e. The van der Waals surface area contributed by atoms with Crippen LogP contribution in [0.1, 0.15) is 6.23 Å². The van der Waals surface area contributed by atoms with Gasteiger partial charge in [0.05, 0.1) is 12.9 Å². The quantitative estimate of drug-likeness (QED) is 0.616. The monoisotopic (exact) mass is 303 g/mol. The molecule has 10 heteroatoms. The second-order valence-corrected chi connectivity index (χ2v) is 4.77. The standard InChI is InChI=1S/C10H11ClFN5O3/c11-10-15-7(13)5-8(16-10)17(2-14-5)9-4(12)6(19)3(18)1-20-9/h2-4,6,9,18-19H,1H2,(H2,13,15,16)/t3-,4+,6-,9-/m1/s1. The van der Waals surface area contributed by atoms with Crippen molar-refractivity contribution in [1.82, 2.24) is 19.5 Å². The van der Waals surface area contributed by atoms with Gasteiger partial charge in [-0.15, -0.1) is 0 Å². The lowest BCUT2D eigenvalue weighted by Crippen LogP contribution is -2.48. The highest BCUT2D eigenvalue weighted by Crippen LogP contribution is 2.30. The van der Waals surface area contributed by atoms with Crippen LogP contribution >= 0.6 is 11.6 Å². The molecule has 3 heterocycles. The number of nitrogen functional groups attached to an aromatic ring is 1. The zero-order valence-corrected chi connectivity index (χ0v) is 10.8. The molecule has 0 aliphatic carbocycles. The lowest BCUT2D eigenvalue weighted by Gasteiger charge is -2.34. The third-order valence-electron chi connectivity index (χ3n) is 3.13. The van der Waals surface area contributed by atoms with Gasteiger partial charge in [0.25, 0.3) is 0 Å². The Hall–Kier alpha value is -1.55. The molecule has 20 heavy (non-hydrogen) atoms. The fourth-order valence-corrected chi connectivity index (χ4v) is 2.27. The van der Waals surface area contributed by atoms with Crippen LogP contribution in [0.25, 0.3) is 11.2 Å². The van der Waals surface area contributed by atoms with Crippen LogP contribution in [0.3, 0.4) is 0 Å². The Bertz CT molecular complexity index is 653. The number of aromatic nitrogens is 4. The first-order valence-corrected chi connectivity index (χ1v) is 6.14. The van der Waals surface area contributed by atoms with E-state index in [1.54, 1.807) is 0 Å². The van der Waals surface area contributed by atoms with Gasteiger partial charge in [0.15, 0.2) is 23.9 Å². The molecule has 8 nitrogen and oxygen atoms in total. The van der Waals surface area contributed by atoms with Gasteiger partial charge >= 0.3 is 0 Å². The lowest BCUT2D eigenvalue weighted by molar-refractivity contribution is -0.187. The molecule has 4 N–H and O–H groups in total. The minimum atomic E-state index is -1.84. The molecule has 0 radical (unpaired) electrons. The minimum absolute atomic E-state index is 0.0607. The molecule has 108 valence electrons. The molecule has 3 rings (SSSR count). The van der Waals surface area contributed by atoms with Crippen LogP contribution in [0, 0.1) is 0 Å². The van der Waals surface area contributed by atoms with Gasteiger partial charge in [-0.3, -0.25) is 4.57 Å². The van der Waals surface area contributed by atoms with E-state index in [2.05, 4.69) is 15.0 Å². The highest BCUT2D eigenvalue weighted by molar-refractivity contribution is 6.28. The van der Waals surface area contributed by atoms with Gasteiger partial charge in [0, 0.05) is 0 Å². The normalized spacial score (nSPS) is 30.8. The van der Waals surface area contributed by atoms with E-state index in [1.165, 1.54) is 10.9 Å². The molecule has 0 saturated carbocycles. The maximum Gasteiger partial charge on any atom is 0.226 e. The third kappa shape index (κ3) is 1.99. The molecule has 2 aromatic rings. The molecule has 1 fully saturated rings. The number of hydrogen-bond donors (Lipinski definition) is 3. The van der Waals surface area contributed by atoms with Crippen molar-refractivity contribution in [2.75, 3.05) is 12.3 Å². The number of nitrogens with two attached hydrogens (primary N) is 1. The summed E-state index contributed by atoms with van der Waals surface area (Å²) in [5, 5.41) is 18.8. The fraction of sp³-hybridized carbons (Fsp3) is 0.500. The Morgan fingerprint density at radius 3 is 2.95 bits per heavy atom. The highest BCUT2D eigenvalue weighted by atomic mass is 35.5. The van der Waals surface area contributed by atoms with Crippen LogP contribution in [-0.2, 0) is 4.74 Å². The van der Waals surface area contributed by atoms with Crippen LogP contribution in [0.4, 0.5) is 10.2 Å². The molecule has 0 bridgehead atoms. The number of rotatable bonds is 1. The van der Waals surface area contributed by atoms with Gasteiger partial charge in [-0.2, -0.15) is 9.97 Å². The summed E-state index contributed by atoms with van der Waals surface area (Å²) in [5.74, 6) is 0.0607. The first kappa shape index (κ1) is 13.4. The van der Waals surface area contributed by atoms with Gasteiger partial charge in [0.2, 0.25) is 5.28 Å².